The Balaban J connectivity index is 3.10. The van der Waals surface area contributed by atoms with E-state index in [1.54, 1.807) is 7.05 Å². The van der Waals surface area contributed by atoms with Crippen molar-refractivity contribution in [1.29, 1.82) is 0 Å². The average molecular weight is 291 g/mol. The van der Waals surface area contributed by atoms with Gasteiger partial charge < -0.3 is 5.32 Å². The van der Waals surface area contributed by atoms with E-state index >= 15 is 0 Å². The molecule has 5 heteroatoms. The summed E-state index contributed by atoms with van der Waals surface area (Å²) in [4.78, 5) is 0. The molecule has 0 saturated heterocycles. The Morgan fingerprint density at radius 1 is 1.25 bits per heavy atom. The first-order valence-electron chi connectivity index (χ1n) is 6.83. The lowest BCUT2D eigenvalue weighted by Gasteiger charge is -2.24. The summed E-state index contributed by atoms with van der Waals surface area (Å²) in [6, 6.07) is 2.17. The molecule has 1 nitrogen and oxygen atoms in total. The number of nitrogens with one attached hydrogen (secondary N) is 1. The molecule has 0 bridgehead atoms. The van der Waals surface area contributed by atoms with Gasteiger partial charge in [-0.05, 0) is 43.1 Å². The maximum atomic E-state index is 13.3. The summed E-state index contributed by atoms with van der Waals surface area (Å²) in [5, 5.41) is 2.88. The van der Waals surface area contributed by atoms with Gasteiger partial charge >= 0.3 is 6.18 Å². The Bertz CT molecular complexity index is 428. The fourth-order valence-electron chi connectivity index (χ4n) is 2.49. The first-order valence-corrected chi connectivity index (χ1v) is 6.83. The predicted octanol–water partition coefficient (Wildman–Crippen LogP) is 4.93. The number of alkyl halides is 3. The third kappa shape index (κ3) is 4.47. The number of rotatable bonds is 6. The van der Waals surface area contributed by atoms with Crippen LogP contribution in [-0.4, -0.2) is 7.05 Å². The molecule has 114 valence electrons. The van der Waals surface area contributed by atoms with Crippen molar-refractivity contribution in [3.8, 4) is 0 Å². The van der Waals surface area contributed by atoms with Crippen molar-refractivity contribution in [2.24, 2.45) is 5.92 Å². The summed E-state index contributed by atoms with van der Waals surface area (Å²) in [7, 11) is 1.61. The molecule has 0 radical (unpaired) electrons. The van der Waals surface area contributed by atoms with E-state index in [9.17, 15) is 17.6 Å². The van der Waals surface area contributed by atoms with Crippen LogP contribution in [-0.2, 0) is 6.18 Å². The summed E-state index contributed by atoms with van der Waals surface area (Å²) < 4.78 is 52.4. The quantitative estimate of drug-likeness (QED) is 0.733. The van der Waals surface area contributed by atoms with Crippen LogP contribution in [0.2, 0.25) is 0 Å². The van der Waals surface area contributed by atoms with Crippen LogP contribution in [0, 0.1) is 11.7 Å². The second-order valence-corrected chi connectivity index (χ2v) is 5.20. The molecule has 1 aromatic carbocycles. The van der Waals surface area contributed by atoms with Crippen LogP contribution in [0.25, 0.3) is 0 Å². The summed E-state index contributed by atoms with van der Waals surface area (Å²) in [6.45, 7) is 4.04. The van der Waals surface area contributed by atoms with Crippen molar-refractivity contribution in [1.82, 2.24) is 5.32 Å². The summed E-state index contributed by atoms with van der Waals surface area (Å²) >= 11 is 0. The van der Waals surface area contributed by atoms with Crippen molar-refractivity contribution in [2.45, 2.75) is 45.3 Å². The molecule has 0 heterocycles. The molecule has 0 aliphatic rings. The Morgan fingerprint density at radius 2 is 1.90 bits per heavy atom. The van der Waals surface area contributed by atoms with Gasteiger partial charge in [0.2, 0.25) is 0 Å². The minimum atomic E-state index is -4.47. The van der Waals surface area contributed by atoms with E-state index in [-0.39, 0.29) is 11.5 Å². The van der Waals surface area contributed by atoms with E-state index < -0.39 is 23.6 Å². The fraction of sp³-hybridized carbons (Fsp3) is 0.600. The number of hydrogen-bond donors (Lipinski definition) is 1. The summed E-state index contributed by atoms with van der Waals surface area (Å²) in [6.07, 6.45) is -2.00. The van der Waals surface area contributed by atoms with Gasteiger partial charge in [-0.25, -0.2) is 4.39 Å². The highest BCUT2D eigenvalue weighted by atomic mass is 19.4. The van der Waals surface area contributed by atoms with Crippen LogP contribution in [0.4, 0.5) is 17.6 Å². The van der Waals surface area contributed by atoms with Crippen molar-refractivity contribution in [2.75, 3.05) is 7.05 Å². The van der Waals surface area contributed by atoms with Gasteiger partial charge in [0.1, 0.15) is 5.82 Å². The van der Waals surface area contributed by atoms with Gasteiger partial charge in [-0.15, -0.1) is 0 Å². The molecule has 0 fully saturated rings. The monoisotopic (exact) mass is 291 g/mol. The molecule has 1 aromatic rings. The molecule has 0 amide bonds. The van der Waals surface area contributed by atoms with Crippen LogP contribution >= 0.6 is 0 Å². The molecule has 1 rings (SSSR count). The minimum absolute atomic E-state index is 0.0112. The second kappa shape index (κ2) is 7.07. The van der Waals surface area contributed by atoms with Crippen LogP contribution in [0.1, 0.15) is 50.3 Å². The maximum absolute atomic E-state index is 13.3. The van der Waals surface area contributed by atoms with Crippen LogP contribution < -0.4 is 5.32 Å². The highest BCUT2D eigenvalue weighted by Gasteiger charge is 2.35. The first kappa shape index (κ1) is 17.0. The van der Waals surface area contributed by atoms with Gasteiger partial charge in [0.15, 0.2) is 0 Å². The predicted molar refractivity (Wildman–Crippen MR) is 71.9 cm³/mol. The zero-order chi connectivity index (χ0) is 15.3. The van der Waals surface area contributed by atoms with Gasteiger partial charge in [-0.2, -0.15) is 13.2 Å². The zero-order valence-corrected chi connectivity index (χ0v) is 12.0. The Hall–Kier alpha value is -1.10. The van der Waals surface area contributed by atoms with Gasteiger partial charge in [0.05, 0.1) is 5.56 Å². The molecule has 0 aliphatic carbocycles. The first-order chi connectivity index (χ1) is 9.29. The van der Waals surface area contributed by atoms with Crippen molar-refractivity contribution >= 4 is 0 Å². The Labute approximate surface area is 117 Å². The molecule has 2 unspecified atom stereocenters. The van der Waals surface area contributed by atoms with Crippen LogP contribution in [0.15, 0.2) is 18.2 Å². The topological polar surface area (TPSA) is 12.0 Å². The van der Waals surface area contributed by atoms with Gasteiger partial charge in [0.25, 0.3) is 0 Å². The van der Waals surface area contributed by atoms with Crippen molar-refractivity contribution in [3.05, 3.63) is 35.1 Å². The third-order valence-electron chi connectivity index (χ3n) is 3.46. The lowest BCUT2D eigenvalue weighted by atomic mass is 9.90. The maximum Gasteiger partial charge on any atom is 0.416 e. The van der Waals surface area contributed by atoms with E-state index in [1.165, 1.54) is 0 Å². The fourth-order valence-corrected chi connectivity index (χ4v) is 2.49. The minimum Gasteiger partial charge on any atom is -0.313 e. The smallest absolute Gasteiger partial charge is 0.313 e. The number of hydrogen-bond acceptors (Lipinski definition) is 1. The molecular weight excluding hydrogens is 270 g/mol. The van der Waals surface area contributed by atoms with Gasteiger partial charge in [0, 0.05) is 6.04 Å². The Morgan fingerprint density at radius 3 is 2.40 bits per heavy atom. The Kier molecular flexibility index (Phi) is 5.99. The van der Waals surface area contributed by atoms with E-state index in [1.807, 2.05) is 13.8 Å². The SMILES string of the molecule is CCCC(C)CC(NC)c1cc(F)ccc1C(F)(F)F. The van der Waals surface area contributed by atoms with Crippen LogP contribution in [0.5, 0.6) is 0 Å². The third-order valence-corrected chi connectivity index (χ3v) is 3.46. The molecular formula is C15H21F4N. The lowest BCUT2D eigenvalue weighted by Crippen LogP contribution is -2.23. The van der Waals surface area contributed by atoms with E-state index in [0.717, 1.165) is 31.0 Å². The standard InChI is InChI=1S/C15H21F4N/c1-4-5-10(2)8-14(20-3)12-9-11(16)6-7-13(12)15(17,18)19/h6-7,9-10,14,20H,4-5,8H2,1-3H3. The average Bonchev–Trinajstić information content (AvgIpc) is 2.34. The van der Waals surface area contributed by atoms with E-state index in [4.69, 9.17) is 0 Å². The molecule has 0 aromatic heterocycles. The molecule has 1 N–H and O–H groups in total. The van der Waals surface area contributed by atoms with Crippen LogP contribution in [0.3, 0.4) is 0 Å². The largest absolute Gasteiger partial charge is 0.416 e. The number of halogens is 4. The van der Waals surface area contributed by atoms with Crippen molar-refractivity contribution < 1.29 is 17.6 Å². The van der Waals surface area contributed by atoms with Gasteiger partial charge in [-0.3, -0.25) is 0 Å². The summed E-state index contributed by atoms with van der Waals surface area (Å²) in [5.74, 6) is -0.363. The molecule has 2 atom stereocenters. The summed E-state index contributed by atoms with van der Waals surface area (Å²) in [5.41, 5.74) is -0.773. The molecule has 0 spiro atoms. The highest BCUT2D eigenvalue weighted by Crippen LogP contribution is 2.37. The van der Waals surface area contributed by atoms with E-state index in [0.29, 0.717) is 6.42 Å². The molecule has 0 aliphatic heterocycles. The second-order valence-electron chi connectivity index (χ2n) is 5.20. The lowest BCUT2D eigenvalue weighted by molar-refractivity contribution is -0.138. The highest BCUT2D eigenvalue weighted by molar-refractivity contribution is 5.33. The molecule has 20 heavy (non-hydrogen) atoms. The van der Waals surface area contributed by atoms with Crippen molar-refractivity contribution in [3.63, 3.8) is 0 Å². The zero-order valence-electron chi connectivity index (χ0n) is 12.0. The van der Waals surface area contributed by atoms with Gasteiger partial charge in [-0.1, -0.05) is 26.7 Å². The number of benzene rings is 1. The molecule has 0 saturated carbocycles. The van der Waals surface area contributed by atoms with E-state index in [2.05, 4.69) is 5.32 Å². The normalized spacial score (nSPS) is 15.2.